The van der Waals surface area contributed by atoms with E-state index in [-0.39, 0.29) is 12.0 Å². The zero-order chi connectivity index (χ0) is 18.9. The maximum Gasteiger partial charge on any atom is 0.409 e. The van der Waals surface area contributed by atoms with Gasteiger partial charge in [-0.1, -0.05) is 32.0 Å². The van der Waals surface area contributed by atoms with Crippen LogP contribution in [0.2, 0.25) is 0 Å². The maximum absolute atomic E-state index is 12.3. The minimum absolute atomic E-state index is 0.119. The second-order valence-electron chi connectivity index (χ2n) is 7.06. The van der Waals surface area contributed by atoms with Crippen LogP contribution in [0.3, 0.4) is 0 Å². The number of aryl methyl sites for hydroxylation is 1. The van der Waals surface area contributed by atoms with Gasteiger partial charge in [0.1, 0.15) is 5.75 Å². The number of carbonyl (C=O) groups excluding carboxylic acids is 2. The molecule has 1 fully saturated rings. The first kappa shape index (κ1) is 20.1. The molecule has 144 valence electrons. The summed E-state index contributed by atoms with van der Waals surface area (Å²) in [6, 6.07) is 7.87. The third-order valence-corrected chi connectivity index (χ3v) is 4.32. The van der Waals surface area contributed by atoms with Gasteiger partial charge in [0.05, 0.1) is 13.2 Å². The van der Waals surface area contributed by atoms with Gasteiger partial charge < -0.3 is 19.3 Å². The Balaban J connectivity index is 1.64. The number of rotatable bonds is 7. The summed E-state index contributed by atoms with van der Waals surface area (Å²) in [5, 5.41) is 0. The quantitative estimate of drug-likeness (QED) is 0.700. The van der Waals surface area contributed by atoms with Crippen LogP contribution < -0.4 is 4.74 Å². The highest BCUT2D eigenvalue weighted by molar-refractivity contribution is 5.76. The topological polar surface area (TPSA) is 59.1 Å². The molecule has 0 aromatic heterocycles. The fourth-order valence-electron chi connectivity index (χ4n) is 2.75. The Hall–Kier alpha value is -2.24. The summed E-state index contributed by atoms with van der Waals surface area (Å²) in [4.78, 5) is 27.7. The molecule has 0 unspecified atom stereocenters. The fraction of sp³-hybridized carbons (Fsp3) is 0.600. The molecule has 0 bridgehead atoms. The van der Waals surface area contributed by atoms with E-state index < -0.39 is 0 Å². The minimum Gasteiger partial charge on any atom is -0.493 e. The molecule has 0 N–H and O–H groups in total. The van der Waals surface area contributed by atoms with Gasteiger partial charge in [0.2, 0.25) is 5.91 Å². The van der Waals surface area contributed by atoms with E-state index in [9.17, 15) is 9.59 Å². The van der Waals surface area contributed by atoms with Crippen LogP contribution in [0.4, 0.5) is 4.79 Å². The van der Waals surface area contributed by atoms with Crippen molar-refractivity contribution in [1.29, 1.82) is 0 Å². The molecule has 1 aromatic rings. The number of hydrogen-bond donors (Lipinski definition) is 0. The Bertz CT molecular complexity index is 595. The smallest absolute Gasteiger partial charge is 0.409 e. The number of ether oxygens (including phenoxy) is 2. The molecule has 1 aromatic carbocycles. The summed E-state index contributed by atoms with van der Waals surface area (Å²) < 4.78 is 11.0. The van der Waals surface area contributed by atoms with Crippen molar-refractivity contribution >= 4 is 12.0 Å². The van der Waals surface area contributed by atoms with Gasteiger partial charge in [-0.15, -0.1) is 0 Å². The van der Waals surface area contributed by atoms with Gasteiger partial charge in [-0.05, 0) is 30.9 Å². The minimum atomic E-state index is -0.280. The lowest BCUT2D eigenvalue weighted by molar-refractivity contribution is -0.133. The van der Waals surface area contributed by atoms with E-state index in [1.807, 2.05) is 49.9 Å². The maximum atomic E-state index is 12.3. The van der Waals surface area contributed by atoms with Crippen LogP contribution in [-0.4, -0.2) is 61.2 Å². The van der Waals surface area contributed by atoms with Crippen LogP contribution in [0.1, 0.15) is 32.3 Å². The molecule has 1 aliphatic rings. The van der Waals surface area contributed by atoms with Crippen molar-refractivity contribution in [3.63, 3.8) is 0 Å². The lowest BCUT2D eigenvalue weighted by Crippen LogP contribution is -2.50. The summed E-state index contributed by atoms with van der Waals surface area (Å²) >= 11 is 0. The van der Waals surface area contributed by atoms with Gasteiger partial charge in [0, 0.05) is 32.6 Å². The van der Waals surface area contributed by atoms with E-state index in [1.54, 1.807) is 4.90 Å². The van der Waals surface area contributed by atoms with Crippen molar-refractivity contribution in [3.05, 3.63) is 29.8 Å². The van der Waals surface area contributed by atoms with Crippen molar-refractivity contribution in [2.45, 2.75) is 33.6 Å². The largest absolute Gasteiger partial charge is 0.493 e. The molecule has 1 saturated heterocycles. The molecule has 6 heteroatoms. The first-order valence-electron chi connectivity index (χ1n) is 9.35. The van der Waals surface area contributed by atoms with Crippen LogP contribution in [0, 0.1) is 12.8 Å². The van der Waals surface area contributed by atoms with E-state index in [2.05, 4.69) is 0 Å². The van der Waals surface area contributed by atoms with Crippen molar-refractivity contribution in [3.8, 4) is 5.75 Å². The van der Waals surface area contributed by atoms with E-state index >= 15 is 0 Å². The Morgan fingerprint density at radius 1 is 1.08 bits per heavy atom. The third-order valence-electron chi connectivity index (χ3n) is 4.32. The summed E-state index contributed by atoms with van der Waals surface area (Å²) in [7, 11) is 0. The van der Waals surface area contributed by atoms with E-state index in [0.717, 1.165) is 11.3 Å². The zero-order valence-electron chi connectivity index (χ0n) is 16.1. The van der Waals surface area contributed by atoms with Crippen LogP contribution >= 0.6 is 0 Å². The molecule has 26 heavy (non-hydrogen) atoms. The van der Waals surface area contributed by atoms with Crippen LogP contribution in [0.25, 0.3) is 0 Å². The van der Waals surface area contributed by atoms with Gasteiger partial charge in [-0.3, -0.25) is 4.79 Å². The number of nitrogens with zero attached hydrogens (tertiary/aromatic N) is 2. The number of carbonyl (C=O) groups is 2. The van der Waals surface area contributed by atoms with E-state index in [0.29, 0.717) is 58.2 Å². The predicted octanol–water partition coefficient (Wildman–Crippen LogP) is 3.09. The Kier molecular flexibility index (Phi) is 7.75. The zero-order valence-corrected chi connectivity index (χ0v) is 16.1. The van der Waals surface area contributed by atoms with Gasteiger partial charge in [-0.25, -0.2) is 4.79 Å². The van der Waals surface area contributed by atoms with Crippen LogP contribution in [0.5, 0.6) is 5.75 Å². The van der Waals surface area contributed by atoms with Gasteiger partial charge in [0.25, 0.3) is 0 Å². The molecule has 6 nitrogen and oxygen atoms in total. The number of piperazine rings is 1. The second kappa shape index (κ2) is 10.0. The standard InChI is InChI=1S/C20H30N2O4/c1-16(2)15-26-20(24)22-12-10-21(11-13-22)19(23)9-6-14-25-18-8-5-4-7-17(18)3/h4-5,7-8,16H,6,9-15H2,1-3H3. The van der Waals surface area contributed by atoms with Crippen LogP contribution in [-0.2, 0) is 9.53 Å². The molecule has 1 aliphatic heterocycles. The highest BCUT2D eigenvalue weighted by Crippen LogP contribution is 2.16. The predicted molar refractivity (Wildman–Crippen MR) is 100 cm³/mol. The van der Waals surface area contributed by atoms with Crippen molar-refractivity contribution in [1.82, 2.24) is 9.80 Å². The Morgan fingerprint density at radius 2 is 1.73 bits per heavy atom. The fourth-order valence-corrected chi connectivity index (χ4v) is 2.75. The summed E-state index contributed by atoms with van der Waals surface area (Å²) in [6.07, 6.45) is 0.866. The molecule has 2 amide bonds. The van der Waals surface area contributed by atoms with Crippen LogP contribution in [0.15, 0.2) is 24.3 Å². The van der Waals surface area contributed by atoms with Crippen molar-refractivity contribution < 1.29 is 19.1 Å². The monoisotopic (exact) mass is 362 g/mol. The van der Waals surface area contributed by atoms with Gasteiger partial charge >= 0.3 is 6.09 Å². The summed E-state index contributed by atoms with van der Waals surface area (Å²) in [5.74, 6) is 1.31. The van der Waals surface area contributed by atoms with Gasteiger partial charge in [0.15, 0.2) is 0 Å². The summed E-state index contributed by atoms with van der Waals surface area (Å²) in [6.45, 7) is 9.16. The van der Waals surface area contributed by atoms with Gasteiger partial charge in [-0.2, -0.15) is 0 Å². The highest BCUT2D eigenvalue weighted by atomic mass is 16.6. The number of para-hydroxylation sites is 1. The van der Waals surface area contributed by atoms with E-state index in [4.69, 9.17) is 9.47 Å². The average molecular weight is 362 g/mol. The Labute approximate surface area is 156 Å². The SMILES string of the molecule is Cc1ccccc1OCCCC(=O)N1CCN(C(=O)OCC(C)C)CC1. The molecule has 0 aliphatic carbocycles. The number of hydrogen-bond acceptors (Lipinski definition) is 4. The molecule has 0 atom stereocenters. The lowest BCUT2D eigenvalue weighted by Gasteiger charge is -2.34. The summed E-state index contributed by atoms with van der Waals surface area (Å²) in [5.41, 5.74) is 1.10. The number of benzene rings is 1. The Morgan fingerprint density at radius 3 is 2.38 bits per heavy atom. The number of amides is 2. The molecular weight excluding hydrogens is 332 g/mol. The second-order valence-corrected chi connectivity index (χ2v) is 7.06. The first-order chi connectivity index (χ1) is 12.5. The first-order valence-corrected chi connectivity index (χ1v) is 9.35. The van der Waals surface area contributed by atoms with Crippen molar-refractivity contribution in [2.75, 3.05) is 39.4 Å². The molecule has 1 heterocycles. The third kappa shape index (κ3) is 6.24. The molecule has 0 radical (unpaired) electrons. The van der Waals surface area contributed by atoms with Crippen molar-refractivity contribution in [2.24, 2.45) is 5.92 Å². The lowest BCUT2D eigenvalue weighted by atomic mass is 10.2. The molecule has 2 rings (SSSR count). The molecule has 0 saturated carbocycles. The molecule has 0 spiro atoms. The average Bonchev–Trinajstić information content (AvgIpc) is 2.64. The highest BCUT2D eigenvalue weighted by Gasteiger charge is 2.24. The normalized spacial score (nSPS) is 14.5. The van der Waals surface area contributed by atoms with E-state index in [1.165, 1.54) is 0 Å². The molecular formula is C20H30N2O4.